The molecule has 7 heteroatoms. The molecule has 0 atom stereocenters. The van der Waals surface area contributed by atoms with Gasteiger partial charge in [-0.05, 0) is 29.8 Å². The Labute approximate surface area is 145 Å². The van der Waals surface area contributed by atoms with Crippen molar-refractivity contribution in [2.24, 2.45) is 0 Å². The smallest absolute Gasteiger partial charge is 0.317 e. The first-order valence-electron chi connectivity index (χ1n) is 7.31. The number of nitrogens with one attached hydrogen (secondary N) is 1. The average Bonchev–Trinajstić information content (AvgIpc) is 2.60. The molecule has 2 rings (SSSR count). The number of rotatable bonds is 6. The predicted molar refractivity (Wildman–Crippen MR) is 90.8 cm³/mol. The van der Waals surface area contributed by atoms with Crippen molar-refractivity contribution in [2.75, 3.05) is 20.2 Å². The molecule has 1 aromatic heterocycles. The lowest BCUT2D eigenvalue weighted by Gasteiger charge is -2.18. The van der Waals surface area contributed by atoms with Crippen molar-refractivity contribution in [2.45, 2.75) is 6.54 Å². The van der Waals surface area contributed by atoms with Gasteiger partial charge < -0.3 is 15.0 Å². The van der Waals surface area contributed by atoms with Crippen LogP contribution in [0.25, 0.3) is 0 Å². The van der Waals surface area contributed by atoms with E-state index in [2.05, 4.69) is 16.4 Å². The van der Waals surface area contributed by atoms with E-state index >= 15 is 0 Å². The van der Waals surface area contributed by atoms with Gasteiger partial charge in [-0.2, -0.15) is 5.26 Å². The van der Waals surface area contributed by atoms with Gasteiger partial charge in [0.2, 0.25) is 5.88 Å². The van der Waals surface area contributed by atoms with E-state index in [0.29, 0.717) is 29.6 Å². The highest BCUT2D eigenvalue weighted by atomic mass is 35.5. The van der Waals surface area contributed by atoms with E-state index in [0.717, 1.165) is 5.56 Å². The highest BCUT2D eigenvalue weighted by molar-refractivity contribution is 6.31. The summed E-state index contributed by atoms with van der Waals surface area (Å²) in [7, 11) is 1.69. The lowest BCUT2D eigenvalue weighted by molar-refractivity contribution is 0.203. The molecule has 24 heavy (non-hydrogen) atoms. The number of ether oxygens (including phenoxy) is 1. The minimum atomic E-state index is -0.229. The number of carbonyl (C=O) groups excluding carboxylic acids is 1. The van der Waals surface area contributed by atoms with Crippen LogP contribution in [0.2, 0.25) is 5.02 Å². The summed E-state index contributed by atoms with van der Waals surface area (Å²) in [6.45, 7) is 1.00. The van der Waals surface area contributed by atoms with Gasteiger partial charge in [-0.1, -0.05) is 23.7 Å². The topological polar surface area (TPSA) is 78.2 Å². The van der Waals surface area contributed by atoms with Gasteiger partial charge in [0.25, 0.3) is 0 Å². The number of urea groups is 1. The Morgan fingerprint density at radius 2 is 2.25 bits per heavy atom. The van der Waals surface area contributed by atoms with Crippen LogP contribution >= 0.6 is 11.6 Å². The van der Waals surface area contributed by atoms with Crippen molar-refractivity contribution < 1.29 is 9.53 Å². The fraction of sp³-hybridized carbons (Fsp3) is 0.235. The van der Waals surface area contributed by atoms with E-state index in [1.165, 1.54) is 4.90 Å². The van der Waals surface area contributed by atoms with Crippen LogP contribution in [-0.4, -0.2) is 36.1 Å². The Hall–Kier alpha value is -2.78. The molecule has 1 aromatic carbocycles. The summed E-state index contributed by atoms with van der Waals surface area (Å²) in [6.07, 6.45) is 1.59. The fourth-order valence-electron chi connectivity index (χ4n) is 2.00. The number of aromatic nitrogens is 1. The zero-order valence-electron chi connectivity index (χ0n) is 13.2. The van der Waals surface area contributed by atoms with Crippen LogP contribution in [0, 0.1) is 11.3 Å². The van der Waals surface area contributed by atoms with Crippen molar-refractivity contribution in [3.05, 3.63) is 58.7 Å². The second kappa shape index (κ2) is 8.75. The SMILES string of the molecule is CN(Cc1cccc(C#N)c1)C(=O)NCCOc1ncccc1Cl. The maximum Gasteiger partial charge on any atom is 0.317 e. The minimum absolute atomic E-state index is 0.229. The molecule has 1 N–H and O–H groups in total. The van der Waals surface area contributed by atoms with Gasteiger partial charge >= 0.3 is 6.03 Å². The van der Waals surface area contributed by atoms with Gasteiger partial charge in [0.15, 0.2) is 0 Å². The molecular formula is C17H17ClN4O2. The van der Waals surface area contributed by atoms with Gasteiger partial charge in [0.05, 0.1) is 18.2 Å². The maximum absolute atomic E-state index is 12.0. The van der Waals surface area contributed by atoms with Crippen LogP contribution in [0.4, 0.5) is 4.79 Å². The first kappa shape index (κ1) is 17.6. The largest absolute Gasteiger partial charge is 0.475 e. The molecule has 2 amide bonds. The number of halogens is 1. The van der Waals surface area contributed by atoms with Gasteiger partial charge in [-0.15, -0.1) is 0 Å². The Kier molecular flexibility index (Phi) is 6.41. The van der Waals surface area contributed by atoms with Crippen molar-refractivity contribution >= 4 is 17.6 Å². The number of carbonyl (C=O) groups is 1. The Bertz CT molecular complexity index is 745. The van der Waals surface area contributed by atoms with Crippen molar-refractivity contribution in [1.29, 1.82) is 5.26 Å². The highest BCUT2D eigenvalue weighted by Gasteiger charge is 2.09. The molecule has 0 aliphatic heterocycles. The molecule has 0 aliphatic rings. The molecule has 0 unspecified atom stereocenters. The molecule has 1 heterocycles. The van der Waals surface area contributed by atoms with E-state index in [1.54, 1.807) is 43.6 Å². The summed E-state index contributed by atoms with van der Waals surface area (Å²) in [5.74, 6) is 0.343. The quantitative estimate of drug-likeness (QED) is 0.817. The molecule has 0 saturated carbocycles. The number of nitrogens with zero attached hydrogens (tertiary/aromatic N) is 3. The second-order valence-electron chi connectivity index (χ2n) is 5.04. The molecule has 0 saturated heterocycles. The lowest BCUT2D eigenvalue weighted by atomic mass is 10.1. The van der Waals surface area contributed by atoms with Crippen LogP contribution < -0.4 is 10.1 Å². The van der Waals surface area contributed by atoms with Crippen LogP contribution in [-0.2, 0) is 6.54 Å². The predicted octanol–water partition coefficient (Wildman–Crippen LogP) is 2.83. The molecule has 0 fully saturated rings. The Balaban J connectivity index is 1.75. The van der Waals surface area contributed by atoms with Gasteiger partial charge in [0.1, 0.15) is 11.6 Å². The molecule has 0 spiro atoms. The second-order valence-corrected chi connectivity index (χ2v) is 5.45. The van der Waals surface area contributed by atoms with Gasteiger partial charge in [0, 0.05) is 19.8 Å². The third-order valence-corrected chi connectivity index (χ3v) is 3.45. The van der Waals surface area contributed by atoms with Gasteiger partial charge in [-0.25, -0.2) is 9.78 Å². The number of benzene rings is 1. The average molecular weight is 345 g/mol. The van der Waals surface area contributed by atoms with Crippen molar-refractivity contribution in [3.8, 4) is 11.9 Å². The first-order valence-corrected chi connectivity index (χ1v) is 7.69. The van der Waals surface area contributed by atoms with E-state index < -0.39 is 0 Å². The number of hydrogen-bond acceptors (Lipinski definition) is 4. The monoisotopic (exact) mass is 344 g/mol. The van der Waals surface area contributed by atoms with Crippen LogP contribution in [0.15, 0.2) is 42.6 Å². The highest BCUT2D eigenvalue weighted by Crippen LogP contribution is 2.19. The summed E-state index contributed by atoms with van der Waals surface area (Å²) in [5.41, 5.74) is 1.46. The summed E-state index contributed by atoms with van der Waals surface area (Å²) in [6, 6.07) is 12.4. The summed E-state index contributed by atoms with van der Waals surface area (Å²) < 4.78 is 5.40. The summed E-state index contributed by atoms with van der Waals surface area (Å²) in [5, 5.41) is 12.1. The number of pyridine rings is 1. The molecule has 0 bridgehead atoms. The first-order chi connectivity index (χ1) is 11.6. The van der Waals surface area contributed by atoms with Crippen LogP contribution in [0.5, 0.6) is 5.88 Å². The molecule has 0 radical (unpaired) electrons. The minimum Gasteiger partial charge on any atom is -0.475 e. The number of nitriles is 1. The third kappa shape index (κ3) is 5.14. The van der Waals surface area contributed by atoms with E-state index in [4.69, 9.17) is 21.6 Å². The Morgan fingerprint density at radius 1 is 1.42 bits per heavy atom. The zero-order valence-corrected chi connectivity index (χ0v) is 14.0. The number of hydrogen-bond donors (Lipinski definition) is 1. The van der Waals surface area contributed by atoms with Crippen molar-refractivity contribution in [3.63, 3.8) is 0 Å². The normalized spacial score (nSPS) is 9.88. The van der Waals surface area contributed by atoms with Crippen LogP contribution in [0.1, 0.15) is 11.1 Å². The lowest BCUT2D eigenvalue weighted by Crippen LogP contribution is -2.38. The standard InChI is InChI=1S/C17H17ClN4O2/c1-22(12-14-5-2-4-13(10-14)11-19)17(23)21-8-9-24-16-15(18)6-3-7-20-16/h2-7,10H,8-9,12H2,1H3,(H,21,23). The fourth-order valence-corrected chi connectivity index (χ4v) is 2.18. The molecule has 6 nitrogen and oxygen atoms in total. The third-order valence-electron chi connectivity index (χ3n) is 3.16. The van der Waals surface area contributed by atoms with E-state index in [-0.39, 0.29) is 12.6 Å². The molecule has 2 aromatic rings. The van der Waals surface area contributed by atoms with Crippen molar-refractivity contribution in [1.82, 2.24) is 15.2 Å². The maximum atomic E-state index is 12.0. The Morgan fingerprint density at radius 3 is 3.00 bits per heavy atom. The molecule has 124 valence electrons. The van der Waals surface area contributed by atoms with Crippen LogP contribution in [0.3, 0.4) is 0 Å². The van der Waals surface area contributed by atoms with Gasteiger partial charge in [-0.3, -0.25) is 0 Å². The molecular weight excluding hydrogens is 328 g/mol. The number of amides is 2. The molecule has 0 aliphatic carbocycles. The summed E-state index contributed by atoms with van der Waals surface area (Å²) in [4.78, 5) is 17.6. The van der Waals surface area contributed by atoms with E-state index in [1.807, 2.05) is 6.07 Å². The zero-order chi connectivity index (χ0) is 17.4. The van der Waals surface area contributed by atoms with E-state index in [9.17, 15) is 4.79 Å². The summed E-state index contributed by atoms with van der Waals surface area (Å²) >= 11 is 5.93.